The lowest BCUT2D eigenvalue weighted by Crippen LogP contribution is -1.76. The predicted molar refractivity (Wildman–Crippen MR) is 83.3 cm³/mol. The van der Waals surface area contributed by atoms with Crippen LogP contribution in [0.5, 0.6) is 0 Å². The van der Waals surface area contributed by atoms with E-state index in [4.69, 9.17) is 0 Å². The molecule has 0 unspecified atom stereocenters. The molecule has 0 heterocycles. The average molecular weight is 231 g/mol. The maximum Gasteiger partial charge on any atom is 0 e. The maximum absolute atomic E-state index is 3.74. The van der Waals surface area contributed by atoms with Gasteiger partial charge in [0.2, 0.25) is 0 Å². The molecule has 3 radical (unpaired) electrons. The molecule has 0 nitrogen and oxygen atoms in total. The van der Waals surface area contributed by atoms with Crippen LogP contribution in [0.4, 0.5) is 0 Å². The molecule has 0 atom stereocenters. The van der Waals surface area contributed by atoms with Crippen molar-refractivity contribution in [2.75, 3.05) is 0 Å². The zero-order chi connectivity index (χ0) is 13.1. The third-order valence-corrected chi connectivity index (χ3v) is 1.53. The van der Waals surface area contributed by atoms with Gasteiger partial charge in [0.15, 0.2) is 0 Å². The fourth-order valence-electron chi connectivity index (χ4n) is 0.713. The molecule has 95 valence electrons. The standard InChI is InChI=1S/2C8H14.B/c2*1-7(2)5-6-8(3)4;/h2*5-6,8H,1H2,2-4H3;. The van der Waals surface area contributed by atoms with Crippen LogP contribution < -0.4 is 0 Å². The molecule has 0 fully saturated rings. The zero-order valence-electron chi connectivity index (χ0n) is 12.5. The third kappa shape index (κ3) is 31.3. The summed E-state index contributed by atoms with van der Waals surface area (Å²) in [6, 6.07) is 0. The van der Waals surface area contributed by atoms with Gasteiger partial charge in [0.1, 0.15) is 0 Å². The van der Waals surface area contributed by atoms with Gasteiger partial charge in [0.05, 0.1) is 0 Å². The predicted octanol–water partition coefficient (Wildman–Crippen LogP) is 5.17. The molecule has 0 aliphatic heterocycles. The lowest BCUT2D eigenvalue weighted by Gasteiger charge is -1.91. The van der Waals surface area contributed by atoms with Crippen LogP contribution in [-0.2, 0) is 0 Å². The van der Waals surface area contributed by atoms with Crippen LogP contribution in [0.2, 0.25) is 0 Å². The Balaban J connectivity index is -0.000000218. The second-order valence-corrected chi connectivity index (χ2v) is 4.90. The van der Waals surface area contributed by atoms with E-state index in [1.165, 1.54) is 0 Å². The molecular weight excluding hydrogens is 203 g/mol. The lowest BCUT2D eigenvalue weighted by atomic mass is 10.2. The van der Waals surface area contributed by atoms with Crippen molar-refractivity contribution in [3.8, 4) is 0 Å². The Bertz CT molecular complexity index is 227. The van der Waals surface area contributed by atoms with Gasteiger partial charge in [-0.25, -0.2) is 0 Å². The van der Waals surface area contributed by atoms with E-state index in [1.54, 1.807) is 0 Å². The van der Waals surface area contributed by atoms with Gasteiger partial charge in [-0.05, 0) is 25.7 Å². The van der Waals surface area contributed by atoms with Gasteiger partial charge in [0.25, 0.3) is 0 Å². The largest absolute Gasteiger partial charge is 0.0961 e. The summed E-state index contributed by atoms with van der Waals surface area (Å²) in [5.41, 5.74) is 2.25. The molecule has 0 aromatic heterocycles. The van der Waals surface area contributed by atoms with Crippen LogP contribution in [-0.4, -0.2) is 8.41 Å². The highest BCUT2D eigenvalue weighted by atomic mass is 13.9. The highest BCUT2D eigenvalue weighted by Gasteiger charge is 1.81. The summed E-state index contributed by atoms with van der Waals surface area (Å²) in [7, 11) is 0. The van der Waals surface area contributed by atoms with Crippen LogP contribution in [0.15, 0.2) is 48.6 Å². The fourth-order valence-corrected chi connectivity index (χ4v) is 0.713. The first-order chi connectivity index (χ1) is 7.25. The van der Waals surface area contributed by atoms with Gasteiger partial charge in [0, 0.05) is 8.41 Å². The van der Waals surface area contributed by atoms with E-state index in [0.717, 1.165) is 11.1 Å². The van der Waals surface area contributed by atoms with Gasteiger partial charge in [-0.1, -0.05) is 76.3 Å². The van der Waals surface area contributed by atoms with Crippen molar-refractivity contribution in [3.63, 3.8) is 0 Å². The van der Waals surface area contributed by atoms with E-state index >= 15 is 0 Å². The Morgan fingerprint density at radius 1 is 0.765 bits per heavy atom. The van der Waals surface area contributed by atoms with Gasteiger partial charge in [-0.2, -0.15) is 0 Å². The molecule has 0 amide bonds. The van der Waals surface area contributed by atoms with Crippen LogP contribution in [0, 0.1) is 11.8 Å². The lowest BCUT2D eigenvalue weighted by molar-refractivity contribution is 0.831. The summed E-state index contributed by atoms with van der Waals surface area (Å²) in [6.45, 7) is 20.1. The van der Waals surface area contributed by atoms with Crippen molar-refractivity contribution in [2.45, 2.75) is 41.5 Å². The first-order valence-corrected chi connectivity index (χ1v) is 5.93. The van der Waals surface area contributed by atoms with Crippen molar-refractivity contribution in [3.05, 3.63) is 48.6 Å². The minimum atomic E-state index is 0. The van der Waals surface area contributed by atoms with E-state index < -0.39 is 0 Å². The third-order valence-electron chi connectivity index (χ3n) is 1.53. The molecule has 0 saturated heterocycles. The van der Waals surface area contributed by atoms with Crippen molar-refractivity contribution >= 4 is 8.41 Å². The molecule has 0 aliphatic carbocycles. The normalized spacial score (nSPS) is 10.4. The second kappa shape index (κ2) is 13.1. The summed E-state index contributed by atoms with van der Waals surface area (Å²) in [6.07, 6.45) is 8.38. The van der Waals surface area contributed by atoms with Crippen LogP contribution in [0.3, 0.4) is 0 Å². The molecule has 0 bridgehead atoms. The summed E-state index contributed by atoms with van der Waals surface area (Å²) < 4.78 is 0. The number of rotatable bonds is 4. The Hall–Kier alpha value is -0.975. The number of hydrogen-bond acceptors (Lipinski definition) is 0. The van der Waals surface area contributed by atoms with Crippen molar-refractivity contribution in [1.29, 1.82) is 0 Å². The molecule has 0 spiro atoms. The zero-order valence-corrected chi connectivity index (χ0v) is 12.5. The Morgan fingerprint density at radius 2 is 1.00 bits per heavy atom. The van der Waals surface area contributed by atoms with Gasteiger partial charge in [-0.15, -0.1) is 0 Å². The van der Waals surface area contributed by atoms with Gasteiger partial charge < -0.3 is 0 Å². The van der Waals surface area contributed by atoms with Gasteiger partial charge >= 0.3 is 0 Å². The number of hydrogen-bond donors (Lipinski definition) is 0. The summed E-state index contributed by atoms with van der Waals surface area (Å²) >= 11 is 0. The highest BCUT2D eigenvalue weighted by molar-refractivity contribution is 5.75. The summed E-state index contributed by atoms with van der Waals surface area (Å²) in [5.74, 6) is 1.29. The minimum absolute atomic E-state index is 0. The molecule has 17 heavy (non-hydrogen) atoms. The maximum atomic E-state index is 3.74. The van der Waals surface area contributed by atoms with E-state index in [1.807, 2.05) is 26.0 Å². The van der Waals surface area contributed by atoms with Crippen molar-refractivity contribution in [1.82, 2.24) is 0 Å². The monoisotopic (exact) mass is 231 g/mol. The second-order valence-electron chi connectivity index (χ2n) is 4.90. The molecule has 0 aliphatic rings. The smallest absolute Gasteiger partial charge is 0 e. The van der Waals surface area contributed by atoms with E-state index in [-0.39, 0.29) is 8.41 Å². The molecule has 0 saturated carbocycles. The Kier molecular flexibility index (Phi) is 16.4. The topological polar surface area (TPSA) is 0 Å². The highest BCUT2D eigenvalue weighted by Crippen LogP contribution is 1.97. The number of allylic oxidation sites excluding steroid dienone is 6. The van der Waals surface area contributed by atoms with E-state index in [0.29, 0.717) is 11.8 Å². The van der Waals surface area contributed by atoms with Crippen molar-refractivity contribution < 1.29 is 0 Å². The first kappa shape index (κ1) is 21.3. The molecule has 0 N–H and O–H groups in total. The fraction of sp³-hybridized carbons (Fsp3) is 0.500. The minimum Gasteiger partial charge on any atom is -0.0961 e. The molecule has 0 aromatic carbocycles. The summed E-state index contributed by atoms with van der Waals surface area (Å²) in [5, 5.41) is 0. The van der Waals surface area contributed by atoms with Crippen LogP contribution >= 0.6 is 0 Å². The molecular formula is C16H28B. The van der Waals surface area contributed by atoms with Crippen molar-refractivity contribution in [2.24, 2.45) is 11.8 Å². The van der Waals surface area contributed by atoms with E-state index in [9.17, 15) is 0 Å². The average Bonchev–Trinajstić information content (AvgIpc) is 2.12. The van der Waals surface area contributed by atoms with Crippen LogP contribution in [0.1, 0.15) is 41.5 Å². The summed E-state index contributed by atoms with van der Waals surface area (Å²) in [4.78, 5) is 0. The van der Waals surface area contributed by atoms with E-state index in [2.05, 4.69) is 53.0 Å². The molecule has 1 heteroatoms. The SMILES string of the molecule is C=C(C)C=CC(C)C.C=C(C)C=CC(C)C.[B]. The quantitative estimate of drug-likeness (QED) is 0.462. The molecule has 0 rings (SSSR count). The first-order valence-electron chi connectivity index (χ1n) is 5.93. The van der Waals surface area contributed by atoms with Crippen LogP contribution in [0.25, 0.3) is 0 Å². The Labute approximate surface area is 111 Å². The molecule has 0 aromatic rings. The van der Waals surface area contributed by atoms with Gasteiger partial charge in [-0.3, -0.25) is 0 Å². The Morgan fingerprint density at radius 3 is 1.06 bits per heavy atom.